The second-order valence-corrected chi connectivity index (χ2v) is 5.86. The van der Waals surface area contributed by atoms with Crippen molar-refractivity contribution in [2.45, 2.75) is 13.8 Å². The Labute approximate surface area is 155 Å². The zero-order valence-corrected chi connectivity index (χ0v) is 15.8. The molecule has 130 valence electrons. The van der Waals surface area contributed by atoms with E-state index in [1.807, 2.05) is 38.1 Å². The lowest BCUT2D eigenvalue weighted by molar-refractivity contribution is 0.582. The molecule has 0 aliphatic rings. The first-order valence-electron chi connectivity index (χ1n) is 7.72. The summed E-state index contributed by atoms with van der Waals surface area (Å²) < 4.78 is 6.67. The highest BCUT2D eigenvalue weighted by atomic mass is 79.9. The van der Waals surface area contributed by atoms with Crippen molar-refractivity contribution >= 4 is 33.3 Å². The average Bonchev–Trinajstić information content (AvgIpc) is 3.08. The Balaban J connectivity index is 0.00000109. The van der Waals surface area contributed by atoms with Crippen LogP contribution >= 0.6 is 15.9 Å². The first-order chi connectivity index (χ1) is 12.2. The van der Waals surface area contributed by atoms with Crippen LogP contribution in [0.2, 0.25) is 0 Å². The SMILES string of the molecule is C=C.CCNc1nnc(-c2ccncc2Nc2ccc(Br)cc2C)o1. The van der Waals surface area contributed by atoms with Gasteiger partial charge in [-0.2, -0.15) is 0 Å². The Hall–Kier alpha value is -2.67. The van der Waals surface area contributed by atoms with Crippen LogP contribution in [0.5, 0.6) is 0 Å². The monoisotopic (exact) mass is 401 g/mol. The second kappa shape index (κ2) is 8.98. The number of aromatic nitrogens is 3. The van der Waals surface area contributed by atoms with Gasteiger partial charge in [0.15, 0.2) is 0 Å². The fourth-order valence-electron chi connectivity index (χ4n) is 2.15. The Morgan fingerprint density at radius 3 is 2.68 bits per heavy atom. The summed E-state index contributed by atoms with van der Waals surface area (Å²) in [4.78, 5) is 4.18. The van der Waals surface area contributed by atoms with Crippen molar-refractivity contribution in [2.24, 2.45) is 0 Å². The summed E-state index contributed by atoms with van der Waals surface area (Å²) in [6.07, 6.45) is 3.44. The van der Waals surface area contributed by atoms with Gasteiger partial charge in [0.2, 0.25) is 0 Å². The third kappa shape index (κ3) is 4.67. The van der Waals surface area contributed by atoms with Gasteiger partial charge < -0.3 is 15.1 Å². The number of pyridine rings is 1. The predicted molar refractivity (Wildman–Crippen MR) is 105 cm³/mol. The molecule has 6 nitrogen and oxygen atoms in total. The first-order valence-corrected chi connectivity index (χ1v) is 8.51. The van der Waals surface area contributed by atoms with Crippen LogP contribution in [0.1, 0.15) is 12.5 Å². The van der Waals surface area contributed by atoms with E-state index >= 15 is 0 Å². The van der Waals surface area contributed by atoms with E-state index in [0.717, 1.165) is 33.5 Å². The quantitative estimate of drug-likeness (QED) is 0.573. The molecule has 2 heterocycles. The molecule has 0 amide bonds. The third-order valence-electron chi connectivity index (χ3n) is 3.26. The van der Waals surface area contributed by atoms with Crippen LogP contribution in [0.25, 0.3) is 11.5 Å². The van der Waals surface area contributed by atoms with Crippen LogP contribution in [0.15, 0.2) is 58.7 Å². The summed E-state index contributed by atoms with van der Waals surface area (Å²) >= 11 is 3.47. The molecule has 7 heteroatoms. The lowest BCUT2D eigenvalue weighted by atomic mass is 10.1. The molecule has 0 aliphatic heterocycles. The van der Waals surface area contributed by atoms with Gasteiger partial charge >= 0.3 is 6.01 Å². The number of aryl methyl sites for hydroxylation is 1. The van der Waals surface area contributed by atoms with Crippen molar-refractivity contribution in [2.75, 3.05) is 17.2 Å². The van der Waals surface area contributed by atoms with Crippen LogP contribution in [-0.4, -0.2) is 21.7 Å². The summed E-state index contributed by atoms with van der Waals surface area (Å²) in [6, 6.07) is 8.30. The molecular formula is C18H20BrN5O. The average molecular weight is 402 g/mol. The number of nitrogens with zero attached hydrogens (tertiary/aromatic N) is 3. The van der Waals surface area contributed by atoms with Gasteiger partial charge in [-0.05, 0) is 43.7 Å². The van der Waals surface area contributed by atoms with Gasteiger partial charge in [0.25, 0.3) is 5.89 Å². The Morgan fingerprint density at radius 2 is 1.96 bits per heavy atom. The Kier molecular flexibility index (Phi) is 6.71. The van der Waals surface area contributed by atoms with Gasteiger partial charge in [0.1, 0.15) is 0 Å². The number of hydrogen-bond acceptors (Lipinski definition) is 6. The first kappa shape index (κ1) is 18.7. The van der Waals surface area contributed by atoms with Gasteiger partial charge in [-0.25, -0.2) is 0 Å². The maximum atomic E-state index is 5.63. The maximum Gasteiger partial charge on any atom is 0.315 e. The summed E-state index contributed by atoms with van der Waals surface area (Å²) in [7, 11) is 0. The van der Waals surface area contributed by atoms with Crippen LogP contribution in [-0.2, 0) is 0 Å². The molecule has 3 aromatic rings. The van der Waals surface area contributed by atoms with E-state index in [2.05, 4.69) is 54.9 Å². The van der Waals surface area contributed by atoms with Gasteiger partial charge in [-0.15, -0.1) is 18.3 Å². The molecule has 0 saturated carbocycles. The molecule has 25 heavy (non-hydrogen) atoms. The van der Waals surface area contributed by atoms with E-state index in [1.165, 1.54) is 0 Å². The van der Waals surface area contributed by atoms with Crippen LogP contribution < -0.4 is 10.6 Å². The van der Waals surface area contributed by atoms with Gasteiger partial charge in [0.05, 0.1) is 17.4 Å². The summed E-state index contributed by atoms with van der Waals surface area (Å²) in [5, 5.41) is 14.4. The summed E-state index contributed by atoms with van der Waals surface area (Å²) in [5.41, 5.74) is 3.73. The number of benzene rings is 1. The van der Waals surface area contributed by atoms with E-state index in [9.17, 15) is 0 Å². The highest BCUT2D eigenvalue weighted by Gasteiger charge is 2.13. The zero-order chi connectivity index (χ0) is 18.2. The molecule has 2 aromatic heterocycles. The Morgan fingerprint density at radius 1 is 1.16 bits per heavy atom. The van der Waals surface area contributed by atoms with E-state index in [0.29, 0.717) is 11.9 Å². The van der Waals surface area contributed by atoms with E-state index < -0.39 is 0 Å². The number of nitrogens with one attached hydrogen (secondary N) is 2. The molecular weight excluding hydrogens is 382 g/mol. The molecule has 0 fully saturated rings. The molecule has 2 N–H and O–H groups in total. The number of anilines is 3. The van der Waals surface area contributed by atoms with Crippen molar-refractivity contribution in [3.8, 4) is 11.5 Å². The van der Waals surface area contributed by atoms with Crippen molar-refractivity contribution in [3.05, 3.63) is 59.9 Å². The van der Waals surface area contributed by atoms with E-state index in [-0.39, 0.29) is 0 Å². The summed E-state index contributed by atoms with van der Waals surface area (Å²) in [5.74, 6) is 0.445. The zero-order valence-electron chi connectivity index (χ0n) is 14.2. The van der Waals surface area contributed by atoms with Crippen molar-refractivity contribution in [1.82, 2.24) is 15.2 Å². The highest BCUT2D eigenvalue weighted by molar-refractivity contribution is 9.10. The number of hydrogen-bond donors (Lipinski definition) is 2. The van der Waals surface area contributed by atoms with E-state index in [4.69, 9.17) is 4.42 Å². The maximum absolute atomic E-state index is 5.63. The standard InChI is InChI=1S/C16H16BrN5O.C2H4/c1-3-19-16-22-21-15(23-16)12-6-7-18-9-14(12)20-13-5-4-11(17)8-10(13)2;1-2/h4-9,20H,3H2,1-2H3,(H,19,22);1-2H2. The van der Waals surface area contributed by atoms with Crippen molar-refractivity contribution in [3.63, 3.8) is 0 Å². The topological polar surface area (TPSA) is 75.9 Å². The number of rotatable bonds is 5. The van der Waals surface area contributed by atoms with Crippen LogP contribution in [0, 0.1) is 6.92 Å². The molecule has 1 aromatic carbocycles. The van der Waals surface area contributed by atoms with Crippen molar-refractivity contribution in [1.29, 1.82) is 0 Å². The highest BCUT2D eigenvalue weighted by Crippen LogP contribution is 2.31. The fraction of sp³-hybridized carbons (Fsp3) is 0.167. The smallest absolute Gasteiger partial charge is 0.315 e. The van der Waals surface area contributed by atoms with Gasteiger partial charge in [-0.1, -0.05) is 21.0 Å². The normalized spacial score (nSPS) is 9.88. The largest absolute Gasteiger partial charge is 0.403 e. The van der Waals surface area contributed by atoms with Crippen LogP contribution in [0.3, 0.4) is 0 Å². The molecule has 0 saturated heterocycles. The summed E-state index contributed by atoms with van der Waals surface area (Å²) in [6.45, 7) is 10.7. The fourth-order valence-corrected chi connectivity index (χ4v) is 2.62. The third-order valence-corrected chi connectivity index (χ3v) is 3.76. The molecule has 0 aliphatic carbocycles. The number of halogens is 1. The molecule has 0 unspecified atom stereocenters. The molecule has 0 spiro atoms. The minimum Gasteiger partial charge on any atom is -0.403 e. The molecule has 3 rings (SSSR count). The van der Waals surface area contributed by atoms with Crippen LogP contribution in [0.4, 0.5) is 17.4 Å². The van der Waals surface area contributed by atoms with E-state index in [1.54, 1.807) is 12.4 Å². The lowest BCUT2D eigenvalue weighted by Gasteiger charge is -2.11. The predicted octanol–water partition coefficient (Wildman–Crippen LogP) is 5.18. The van der Waals surface area contributed by atoms with Crippen molar-refractivity contribution < 1.29 is 4.42 Å². The molecule has 0 bridgehead atoms. The lowest BCUT2D eigenvalue weighted by Crippen LogP contribution is -1.96. The molecule has 0 atom stereocenters. The minimum atomic E-state index is 0.407. The molecule has 0 radical (unpaired) electrons. The van der Waals surface area contributed by atoms with Gasteiger partial charge in [-0.3, -0.25) is 4.98 Å². The minimum absolute atomic E-state index is 0.407. The second-order valence-electron chi connectivity index (χ2n) is 4.95. The Bertz CT molecular complexity index is 834. The van der Waals surface area contributed by atoms with Gasteiger partial charge in [0, 0.05) is 22.9 Å².